The summed E-state index contributed by atoms with van der Waals surface area (Å²) in [7, 11) is 0. The van der Waals surface area contributed by atoms with Gasteiger partial charge in [-0.3, -0.25) is 4.79 Å². The summed E-state index contributed by atoms with van der Waals surface area (Å²) >= 11 is 0. The van der Waals surface area contributed by atoms with Gasteiger partial charge in [-0.05, 0) is 56.7 Å². The number of hydrogen-bond acceptors (Lipinski definition) is 2. The van der Waals surface area contributed by atoms with Crippen LogP contribution in [0.4, 0.5) is 0 Å². The molecule has 3 nitrogen and oxygen atoms in total. The number of carbonyl (C=O) groups is 1. The minimum absolute atomic E-state index is 0.173. The first-order chi connectivity index (χ1) is 9.65. The largest absolute Gasteiger partial charge is 0.356 e. The summed E-state index contributed by atoms with van der Waals surface area (Å²) in [6.45, 7) is 6.16. The molecular weight excluding hydrogens is 248 g/mol. The van der Waals surface area contributed by atoms with Crippen LogP contribution in [-0.4, -0.2) is 25.0 Å². The summed E-state index contributed by atoms with van der Waals surface area (Å²) in [5.41, 5.74) is 2.54. The Morgan fingerprint density at radius 1 is 1.35 bits per heavy atom. The van der Waals surface area contributed by atoms with E-state index in [0.717, 1.165) is 19.5 Å². The van der Waals surface area contributed by atoms with Crippen molar-refractivity contribution in [2.24, 2.45) is 5.92 Å². The second-order valence-corrected chi connectivity index (χ2v) is 5.98. The van der Waals surface area contributed by atoms with Crippen molar-refractivity contribution >= 4 is 5.91 Å². The second-order valence-electron chi connectivity index (χ2n) is 5.98. The van der Waals surface area contributed by atoms with E-state index < -0.39 is 0 Å². The molecule has 0 aliphatic carbocycles. The third kappa shape index (κ3) is 4.64. The van der Waals surface area contributed by atoms with Gasteiger partial charge in [0.05, 0.1) is 0 Å². The molecule has 2 rings (SSSR count). The lowest BCUT2D eigenvalue weighted by Crippen LogP contribution is -2.42. The van der Waals surface area contributed by atoms with Gasteiger partial charge in [-0.1, -0.05) is 24.3 Å². The number of rotatable bonds is 5. The Morgan fingerprint density at radius 3 is 2.85 bits per heavy atom. The fourth-order valence-electron chi connectivity index (χ4n) is 2.72. The van der Waals surface area contributed by atoms with Crippen molar-refractivity contribution in [3.8, 4) is 0 Å². The molecule has 0 saturated carbocycles. The van der Waals surface area contributed by atoms with E-state index in [9.17, 15) is 4.79 Å². The molecule has 2 unspecified atom stereocenters. The van der Waals surface area contributed by atoms with Crippen LogP contribution in [0.1, 0.15) is 37.3 Å². The number of amides is 1. The molecule has 20 heavy (non-hydrogen) atoms. The highest BCUT2D eigenvalue weighted by atomic mass is 16.1. The number of benzene rings is 1. The van der Waals surface area contributed by atoms with Crippen LogP contribution >= 0.6 is 0 Å². The molecule has 0 bridgehead atoms. The quantitative estimate of drug-likeness (QED) is 0.866. The minimum Gasteiger partial charge on any atom is -0.356 e. The van der Waals surface area contributed by atoms with Crippen molar-refractivity contribution in [2.75, 3.05) is 13.1 Å². The summed E-state index contributed by atoms with van der Waals surface area (Å²) in [4.78, 5) is 11.9. The van der Waals surface area contributed by atoms with E-state index in [2.05, 4.69) is 36.6 Å². The zero-order chi connectivity index (χ0) is 14.4. The van der Waals surface area contributed by atoms with Crippen molar-refractivity contribution in [1.82, 2.24) is 10.6 Å². The summed E-state index contributed by atoms with van der Waals surface area (Å²) in [5.74, 6) is 0.764. The lowest BCUT2D eigenvalue weighted by atomic mass is 9.95. The predicted octanol–water partition coefficient (Wildman–Crippen LogP) is 2.43. The number of carbonyl (C=O) groups excluding carboxylic acids is 1. The van der Waals surface area contributed by atoms with Crippen molar-refractivity contribution in [1.29, 1.82) is 0 Å². The molecule has 0 spiro atoms. The lowest BCUT2D eigenvalue weighted by molar-refractivity contribution is -0.121. The number of aryl methyl sites for hydroxylation is 2. The van der Waals surface area contributed by atoms with Crippen LogP contribution in [0, 0.1) is 12.8 Å². The van der Waals surface area contributed by atoms with Gasteiger partial charge in [-0.25, -0.2) is 0 Å². The van der Waals surface area contributed by atoms with Crippen LogP contribution in [0.2, 0.25) is 0 Å². The van der Waals surface area contributed by atoms with Crippen LogP contribution < -0.4 is 10.6 Å². The molecule has 0 aromatic heterocycles. The summed E-state index contributed by atoms with van der Waals surface area (Å²) < 4.78 is 0. The molecule has 110 valence electrons. The summed E-state index contributed by atoms with van der Waals surface area (Å²) in [6.07, 6.45) is 3.84. The van der Waals surface area contributed by atoms with Gasteiger partial charge >= 0.3 is 0 Å². The number of hydrogen-bond donors (Lipinski definition) is 2. The first-order valence-electron chi connectivity index (χ1n) is 7.69. The van der Waals surface area contributed by atoms with E-state index in [-0.39, 0.29) is 5.91 Å². The SMILES string of the molecule is Cc1ccccc1CCC(=O)NCC1CCC(C)NC1. The Bertz CT molecular complexity index is 436. The Kier molecular flexibility index (Phi) is 5.60. The molecular formula is C17H26N2O. The van der Waals surface area contributed by atoms with E-state index in [0.29, 0.717) is 18.4 Å². The fraction of sp³-hybridized carbons (Fsp3) is 0.588. The first kappa shape index (κ1) is 15.0. The normalized spacial score (nSPS) is 22.5. The van der Waals surface area contributed by atoms with E-state index in [1.165, 1.54) is 24.0 Å². The first-order valence-corrected chi connectivity index (χ1v) is 7.69. The standard InChI is InChI=1S/C17H26N2O/c1-13-5-3-4-6-16(13)9-10-17(20)19-12-15-8-7-14(2)18-11-15/h3-6,14-15,18H,7-12H2,1-2H3,(H,19,20). The van der Waals surface area contributed by atoms with Gasteiger partial charge in [-0.15, -0.1) is 0 Å². The predicted molar refractivity (Wildman–Crippen MR) is 82.7 cm³/mol. The average molecular weight is 274 g/mol. The molecule has 2 atom stereocenters. The van der Waals surface area contributed by atoms with Gasteiger partial charge in [0.1, 0.15) is 0 Å². The van der Waals surface area contributed by atoms with Crippen LogP contribution in [-0.2, 0) is 11.2 Å². The summed E-state index contributed by atoms with van der Waals surface area (Å²) in [6, 6.07) is 8.91. The Hall–Kier alpha value is -1.35. The third-order valence-electron chi connectivity index (χ3n) is 4.23. The molecule has 1 amide bonds. The van der Waals surface area contributed by atoms with E-state index in [4.69, 9.17) is 0 Å². The van der Waals surface area contributed by atoms with Gasteiger partial charge in [0.15, 0.2) is 0 Å². The Balaban J connectivity index is 1.67. The average Bonchev–Trinajstić information content (AvgIpc) is 2.46. The fourth-order valence-corrected chi connectivity index (χ4v) is 2.72. The summed E-state index contributed by atoms with van der Waals surface area (Å²) in [5, 5.41) is 6.55. The zero-order valence-corrected chi connectivity index (χ0v) is 12.6. The minimum atomic E-state index is 0.173. The molecule has 1 aliphatic heterocycles. The van der Waals surface area contributed by atoms with Gasteiger partial charge in [0, 0.05) is 19.0 Å². The van der Waals surface area contributed by atoms with Gasteiger partial charge in [0.2, 0.25) is 5.91 Å². The molecule has 1 heterocycles. The zero-order valence-electron chi connectivity index (χ0n) is 12.6. The number of nitrogens with one attached hydrogen (secondary N) is 2. The molecule has 1 fully saturated rings. The van der Waals surface area contributed by atoms with Crippen molar-refractivity contribution in [2.45, 2.75) is 45.6 Å². The molecule has 3 heteroatoms. The maximum atomic E-state index is 11.9. The topological polar surface area (TPSA) is 41.1 Å². The van der Waals surface area contributed by atoms with Gasteiger partial charge < -0.3 is 10.6 Å². The van der Waals surface area contributed by atoms with Crippen LogP contribution in [0.3, 0.4) is 0 Å². The third-order valence-corrected chi connectivity index (χ3v) is 4.23. The van der Waals surface area contributed by atoms with Crippen LogP contribution in [0.15, 0.2) is 24.3 Å². The molecule has 2 N–H and O–H groups in total. The lowest BCUT2D eigenvalue weighted by Gasteiger charge is -2.27. The van der Waals surface area contributed by atoms with Crippen LogP contribution in [0.25, 0.3) is 0 Å². The molecule has 1 aliphatic rings. The molecule has 1 aromatic rings. The smallest absolute Gasteiger partial charge is 0.220 e. The second kappa shape index (κ2) is 7.44. The molecule has 1 aromatic carbocycles. The van der Waals surface area contributed by atoms with Crippen LogP contribution in [0.5, 0.6) is 0 Å². The monoisotopic (exact) mass is 274 g/mol. The maximum Gasteiger partial charge on any atom is 0.220 e. The van der Waals surface area contributed by atoms with Crippen molar-refractivity contribution < 1.29 is 4.79 Å². The highest BCUT2D eigenvalue weighted by Gasteiger charge is 2.17. The maximum absolute atomic E-state index is 11.9. The number of piperidine rings is 1. The van der Waals surface area contributed by atoms with Gasteiger partial charge in [-0.2, -0.15) is 0 Å². The Labute approximate surface area is 122 Å². The highest BCUT2D eigenvalue weighted by Crippen LogP contribution is 2.13. The van der Waals surface area contributed by atoms with Crippen molar-refractivity contribution in [3.63, 3.8) is 0 Å². The van der Waals surface area contributed by atoms with E-state index in [1.54, 1.807) is 0 Å². The van der Waals surface area contributed by atoms with E-state index >= 15 is 0 Å². The highest BCUT2D eigenvalue weighted by molar-refractivity contribution is 5.76. The van der Waals surface area contributed by atoms with Gasteiger partial charge in [0.25, 0.3) is 0 Å². The molecule has 0 radical (unpaired) electrons. The van der Waals surface area contributed by atoms with Crippen molar-refractivity contribution in [3.05, 3.63) is 35.4 Å². The van der Waals surface area contributed by atoms with E-state index in [1.807, 2.05) is 12.1 Å². The Morgan fingerprint density at radius 2 is 2.15 bits per heavy atom. The molecule has 1 saturated heterocycles.